The fraction of sp³-hybridized carbons (Fsp3) is 0.737. The standard InChI is InChI=1S/C19H31N5O2/c1-4-26-14-9-7-13(8-10-14)22-18-21-11-15(16(20)25)17(23-18)24-19(2,3)12-5-6-12/h11-14H,4-10H2,1-3H3,(H2,20,25)(H2,21,22,23,24)/t13-,14-. The minimum absolute atomic E-state index is 0.120. The summed E-state index contributed by atoms with van der Waals surface area (Å²) >= 11 is 0. The van der Waals surface area contributed by atoms with Crippen molar-refractivity contribution in [2.24, 2.45) is 11.7 Å². The number of rotatable bonds is 8. The zero-order chi connectivity index (χ0) is 18.7. The zero-order valence-corrected chi connectivity index (χ0v) is 16.0. The molecule has 4 N–H and O–H groups in total. The monoisotopic (exact) mass is 361 g/mol. The van der Waals surface area contributed by atoms with E-state index < -0.39 is 5.91 Å². The van der Waals surface area contributed by atoms with Gasteiger partial charge in [0.05, 0.1) is 11.7 Å². The van der Waals surface area contributed by atoms with E-state index in [9.17, 15) is 4.79 Å². The summed E-state index contributed by atoms with van der Waals surface area (Å²) < 4.78 is 5.71. The van der Waals surface area contributed by atoms with E-state index in [1.807, 2.05) is 6.92 Å². The molecule has 0 aromatic carbocycles. The van der Waals surface area contributed by atoms with Crippen molar-refractivity contribution in [3.63, 3.8) is 0 Å². The number of amides is 1. The van der Waals surface area contributed by atoms with E-state index in [-0.39, 0.29) is 5.54 Å². The number of anilines is 2. The quantitative estimate of drug-likeness (QED) is 0.658. The van der Waals surface area contributed by atoms with Crippen molar-refractivity contribution in [1.29, 1.82) is 0 Å². The molecule has 0 bridgehead atoms. The molecule has 1 aromatic rings. The molecule has 2 aliphatic rings. The molecule has 144 valence electrons. The topological polar surface area (TPSA) is 102 Å². The first kappa shape index (κ1) is 18.9. The minimum atomic E-state index is -0.511. The number of ether oxygens (including phenoxy) is 1. The summed E-state index contributed by atoms with van der Waals surface area (Å²) in [6, 6.07) is 0.329. The number of nitrogens with zero attached hydrogens (tertiary/aromatic N) is 2. The highest BCUT2D eigenvalue weighted by atomic mass is 16.5. The second-order valence-corrected chi connectivity index (χ2v) is 8.01. The average molecular weight is 361 g/mol. The molecule has 0 unspecified atom stereocenters. The normalized spacial score (nSPS) is 23.5. The van der Waals surface area contributed by atoms with Gasteiger partial charge in [0.2, 0.25) is 5.95 Å². The minimum Gasteiger partial charge on any atom is -0.379 e. The molecular formula is C19H31N5O2. The number of carbonyl (C=O) groups excluding carboxylic acids is 1. The molecule has 1 aromatic heterocycles. The van der Waals surface area contributed by atoms with Crippen molar-refractivity contribution >= 4 is 17.7 Å². The Morgan fingerprint density at radius 2 is 1.96 bits per heavy atom. The predicted octanol–water partition coefficient (Wildman–Crippen LogP) is 2.94. The van der Waals surface area contributed by atoms with Crippen molar-refractivity contribution in [2.75, 3.05) is 17.2 Å². The van der Waals surface area contributed by atoms with Crippen LogP contribution < -0.4 is 16.4 Å². The summed E-state index contributed by atoms with van der Waals surface area (Å²) in [4.78, 5) is 20.6. The molecule has 2 saturated carbocycles. The molecule has 26 heavy (non-hydrogen) atoms. The number of primary amides is 1. The van der Waals surface area contributed by atoms with Crippen molar-refractivity contribution < 1.29 is 9.53 Å². The molecule has 2 aliphatic carbocycles. The van der Waals surface area contributed by atoms with Gasteiger partial charge >= 0.3 is 0 Å². The molecule has 0 spiro atoms. The van der Waals surface area contributed by atoms with E-state index in [2.05, 4.69) is 34.4 Å². The lowest BCUT2D eigenvalue weighted by molar-refractivity contribution is 0.0346. The summed E-state index contributed by atoms with van der Waals surface area (Å²) in [7, 11) is 0. The van der Waals surface area contributed by atoms with Crippen molar-refractivity contribution in [3.8, 4) is 0 Å². The molecule has 0 aliphatic heterocycles. The Morgan fingerprint density at radius 1 is 1.27 bits per heavy atom. The lowest BCUT2D eigenvalue weighted by Crippen LogP contribution is -2.35. The second kappa shape index (κ2) is 7.78. The third-order valence-corrected chi connectivity index (χ3v) is 5.50. The number of hydrogen-bond donors (Lipinski definition) is 3. The maximum atomic E-state index is 11.8. The lowest BCUT2D eigenvalue weighted by Gasteiger charge is -2.30. The van der Waals surface area contributed by atoms with Gasteiger partial charge in [-0.15, -0.1) is 0 Å². The fourth-order valence-corrected chi connectivity index (χ4v) is 3.73. The van der Waals surface area contributed by atoms with Gasteiger partial charge in [-0.25, -0.2) is 4.98 Å². The van der Waals surface area contributed by atoms with Crippen LogP contribution in [0, 0.1) is 5.92 Å². The van der Waals surface area contributed by atoms with Gasteiger partial charge in [-0.2, -0.15) is 4.98 Å². The van der Waals surface area contributed by atoms with Crippen LogP contribution in [0.3, 0.4) is 0 Å². The maximum Gasteiger partial charge on any atom is 0.254 e. The van der Waals surface area contributed by atoms with E-state index in [0.29, 0.717) is 35.4 Å². The largest absolute Gasteiger partial charge is 0.379 e. The summed E-state index contributed by atoms with van der Waals surface area (Å²) in [6.07, 6.45) is 8.44. The Balaban J connectivity index is 1.68. The van der Waals surface area contributed by atoms with Gasteiger partial charge in [-0.3, -0.25) is 4.79 Å². The van der Waals surface area contributed by atoms with Gasteiger partial charge in [0.1, 0.15) is 5.82 Å². The van der Waals surface area contributed by atoms with Crippen molar-refractivity contribution in [1.82, 2.24) is 9.97 Å². The van der Waals surface area contributed by atoms with Crippen LogP contribution in [0.5, 0.6) is 0 Å². The van der Waals surface area contributed by atoms with Crippen LogP contribution in [0.15, 0.2) is 6.20 Å². The first-order valence-corrected chi connectivity index (χ1v) is 9.72. The van der Waals surface area contributed by atoms with Gasteiger partial charge in [0.25, 0.3) is 5.91 Å². The zero-order valence-electron chi connectivity index (χ0n) is 16.0. The van der Waals surface area contributed by atoms with E-state index in [1.165, 1.54) is 19.0 Å². The second-order valence-electron chi connectivity index (χ2n) is 8.01. The molecule has 3 rings (SSSR count). The Morgan fingerprint density at radius 3 is 2.54 bits per heavy atom. The molecule has 7 nitrogen and oxygen atoms in total. The van der Waals surface area contributed by atoms with Crippen LogP contribution in [0.4, 0.5) is 11.8 Å². The molecule has 0 saturated heterocycles. The number of aromatic nitrogens is 2. The van der Waals surface area contributed by atoms with Crippen LogP contribution in [0.25, 0.3) is 0 Å². The molecule has 1 heterocycles. The van der Waals surface area contributed by atoms with Crippen LogP contribution in [0.2, 0.25) is 0 Å². The molecule has 7 heteroatoms. The van der Waals surface area contributed by atoms with Crippen molar-refractivity contribution in [2.45, 2.75) is 77.0 Å². The van der Waals surface area contributed by atoms with E-state index in [4.69, 9.17) is 10.5 Å². The van der Waals surface area contributed by atoms with Gasteiger partial charge in [-0.05, 0) is 65.2 Å². The predicted molar refractivity (Wildman–Crippen MR) is 102 cm³/mol. The third-order valence-electron chi connectivity index (χ3n) is 5.50. The summed E-state index contributed by atoms with van der Waals surface area (Å²) in [5.41, 5.74) is 5.73. The highest BCUT2D eigenvalue weighted by Crippen LogP contribution is 2.41. The van der Waals surface area contributed by atoms with Gasteiger partial charge < -0.3 is 21.1 Å². The average Bonchev–Trinajstić information content (AvgIpc) is 3.42. The van der Waals surface area contributed by atoms with Gasteiger partial charge in [0.15, 0.2) is 0 Å². The number of nitrogens with one attached hydrogen (secondary N) is 2. The van der Waals surface area contributed by atoms with Gasteiger partial charge in [0, 0.05) is 24.4 Å². The molecule has 0 atom stereocenters. The summed E-state index contributed by atoms with van der Waals surface area (Å²) in [5.74, 6) is 1.16. The lowest BCUT2D eigenvalue weighted by atomic mass is 9.93. The Labute approximate surface area is 155 Å². The number of hydrogen-bond acceptors (Lipinski definition) is 6. The summed E-state index contributed by atoms with van der Waals surface area (Å²) in [5, 5.41) is 6.83. The van der Waals surface area contributed by atoms with Crippen molar-refractivity contribution in [3.05, 3.63) is 11.8 Å². The van der Waals surface area contributed by atoms with E-state index >= 15 is 0 Å². The molecular weight excluding hydrogens is 330 g/mol. The number of nitrogens with two attached hydrogens (primary N) is 1. The summed E-state index contributed by atoms with van der Waals surface area (Å²) in [6.45, 7) is 7.09. The Kier molecular flexibility index (Phi) is 5.65. The third kappa shape index (κ3) is 4.63. The first-order chi connectivity index (χ1) is 12.4. The molecule has 1 amide bonds. The number of carbonyl (C=O) groups is 1. The van der Waals surface area contributed by atoms with E-state index in [1.54, 1.807) is 0 Å². The van der Waals surface area contributed by atoms with Crippen LogP contribution in [-0.2, 0) is 4.74 Å². The first-order valence-electron chi connectivity index (χ1n) is 9.72. The smallest absolute Gasteiger partial charge is 0.254 e. The molecule has 0 radical (unpaired) electrons. The van der Waals surface area contributed by atoms with Crippen LogP contribution >= 0.6 is 0 Å². The Bertz CT molecular complexity index is 637. The SMILES string of the molecule is CCO[C@H]1CC[C@H](Nc2ncc(C(N)=O)c(NC(C)(C)C3CC3)n2)CC1. The van der Waals surface area contributed by atoms with Crippen LogP contribution in [0.1, 0.15) is 69.7 Å². The van der Waals surface area contributed by atoms with Gasteiger partial charge in [-0.1, -0.05) is 0 Å². The highest BCUT2D eigenvalue weighted by Gasteiger charge is 2.38. The van der Waals surface area contributed by atoms with E-state index in [0.717, 1.165) is 32.3 Å². The fourth-order valence-electron chi connectivity index (χ4n) is 3.73. The molecule has 2 fully saturated rings. The Hall–Kier alpha value is -1.89. The highest BCUT2D eigenvalue weighted by molar-refractivity contribution is 5.97. The van der Waals surface area contributed by atoms with Crippen LogP contribution in [-0.4, -0.2) is 40.2 Å². The maximum absolute atomic E-state index is 11.8.